The Bertz CT molecular complexity index is 296. The quantitative estimate of drug-likeness (QED) is 0.733. The Hall–Kier alpha value is -0.870. The Balaban J connectivity index is 2.41. The van der Waals surface area contributed by atoms with E-state index in [0.29, 0.717) is 5.92 Å². The van der Waals surface area contributed by atoms with Gasteiger partial charge in [0.2, 0.25) is 5.28 Å². The highest BCUT2D eigenvalue weighted by Gasteiger charge is 2.05. The normalized spacial score (nSPS) is 12.5. The van der Waals surface area contributed by atoms with E-state index in [1.165, 1.54) is 0 Å². The van der Waals surface area contributed by atoms with Gasteiger partial charge in [-0.15, -0.1) is 0 Å². The summed E-state index contributed by atoms with van der Waals surface area (Å²) in [6.45, 7) is 3.13. The molecule has 1 aromatic rings. The van der Waals surface area contributed by atoms with Gasteiger partial charge >= 0.3 is 0 Å². The maximum Gasteiger partial charge on any atom is 0.224 e. The van der Waals surface area contributed by atoms with Gasteiger partial charge in [0, 0.05) is 19.3 Å². The first-order chi connectivity index (χ1) is 7.26. The molecule has 0 aliphatic carbocycles. The standard InChI is InChI=1S/C10H16ClN3O/c1-2-8(4-6-15)7-13-9-3-5-12-10(11)14-9/h3,5,8,15H,2,4,6-7H2,1H3,(H,12,13,14). The molecule has 0 aliphatic heterocycles. The molecular formula is C10H16ClN3O. The zero-order valence-electron chi connectivity index (χ0n) is 8.78. The van der Waals surface area contributed by atoms with Crippen molar-refractivity contribution in [2.24, 2.45) is 5.92 Å². The highest BCUT2D eigenvalue weighted by Crippen LogP contribution is 2.10. The van der Waals surface area contributed by atoms with Crippen LogP contribution in [-0.2, 0) is 0 Å². The van der Waals surface area contributed by atoms with Gasteiger partial charge in [-0.05, 0) is 30.0 Å². The molecule has 1 aromatic heterocycles. The van der Waals surface area contributed by atoms with Gasteiger partial charge in [-0.25, -0.2) is 9.97 Å². The molecule has 84 valence electrons. The Morgan fingerprint density at radius 2 is 2.40 bits per heavy atom. The Morgan fingerprint density at radius 3 is 3.00 bits per heavy atom. The zero-order valence-corrected chi connectivity index (χ0v) is 9.54. The van der Waals surface area contributed by atoms with Crippen LogP contribution in [0.1, 0.15) is 19.8 Å². The molecule has 15 heavy (non-hydrogen) atoms. The number of rotatable bonds is 6. The fourth-order valence-electron chi connectivity index (χ4n) is 1.32. The first kappa shape index (κ1) is 12.2. The van der Waals surface area contributed by atoms with Crippen LogP contribution in [0.15, 0.2) is 12.3 Å². The molecule has 0 bridgehead atoms. The lowest BCUT2D eigenvalue weighted by molar-refractivity contribution is 0.258. The molecule has 0 amide bonds. The van der Waals surface area contributed by atoms with E-state index < -0.39 is 0 Å². The Morgan fingerprint density at radius 1 is 1.60 bits per heavy atom. The van der Waals surface area contributed by atoms with Gasteiger partial charge in [-0.2, -0.15) is 0 Å². The number of hydrogen-bond donors (Lipinski definition) is 2. The van der Waals surface area contributed by atoms with E-state index in [0.717, 1.165) is 25.2 Å². The third-order valence-corrected chi connectivity index (χ3v) is 2.49. The number of aliphatic hydroxyl groups excluding tert-OH is 1. The summed E-state index contributed by atoms with van der Waals surface area (Å²) in [6, 6.07) is 1.78. The highest BCUT2D eigenvalue weighted by atomic mass is 35.5. The smallest absolute Gasteiger partial charge is 0.224 e. The monoisotopic (exact) mass is 229 g/mol. The lowest BCUT2D eigenvalue weighted by Gasteiger charge is -2.14. The molecule has 0 saturated heterocycles. The number of nitrogens with one attached hydrogen (secondary N) is 1. The maximum absolute atomic E-state index is 8.83. The molecule has 0 saturated carbocycles. The third-order valence-electron chi connectivity index (χ3n) is 2.31. The van der Waals surface area contributed by atoms with Crippen molar-refractivity contribution in [1.29, 1.82) is 0 Å². The van der Waals surface area contributed by atoms with Crippen molar-refractivity contribution < 1.29 is 5.11 Å². The van der Waals surface area contributed by atoms with Gasteiger partial charge in [0.15, 0.2) is 0 Å². The Kier molecular flexibility index (Phi) is 5.36. The molecule has 1 heterocycles. The summed E-state index contributed by atoms with van der Waals surface area (Å²) in [5, 5.41) is 12.3. The predicted octanol–water partition coefficient (Wildman–Crippen LogP) is 1.95. The maximum atomic E-state index is 8.83. The number of halogens is 1. The first-order valence-electron chi connectivity index (χ1n) is 5.09. The van der Waals surface area contributed by atoms with Gasteiger partial charge < -0.3 is 10.4 Å². The first-order valence-corrected chi connectivity index (χ1v) is 5.47. The summed E-state index contributed by atoms with van der Waals surface area (Å²) in [6.07, 6.45) is 3.46. The van der Waals surface area contributed by atoms with E-state index in [9.17, 15) is 0 Å². The van der Waals surface area contributed by atoms with E-state index in [4.69, 9.17) is 16.7 Å². The fourth-order valence-corrected chi connectivity index (χ4v) is 1.46. The van der Waals surface area contributed by atoms with E-state index in [1.807, 2.05) is 0 Å². The van der Waals surface area contributed by atoms with Crippen molar-refractivity contribution in [2.45, 2.75) is 19.8 Å². The van der Waals surface area contributed by atoms with Crippen molar-refractivity contribution in [1.82, 2.24) is 9.97 Å². The molecule has 0 aromatic carbocycles. The molecule has 2 N–H and O–H groups in total. The lowest BCUT2D eigenvalue weighted by atomic mass is 10.0. The SMILES string of the molecule is CCC(CCO)CNc1ccnc(Cl)n1. The summed E-state index contributed by atoms with van der Waals surface area (Å²) in [4.78, 5) is 7.82. The van der Waals surface area contributed by atoms with E-state index in [2.05, 4.69) is 22.2 Å². The van der Waals surface area contributed by atoms with Crippen LogP contribution in [0.4, 0.5) is 5.82 Å². The molecule has 4 nitrogen and oxygen atoms in total. The fraction of sp³-hybridized carbons (Fsp3) is 0.600. The topological polar surface area (TPSA) is 58.0 Å². The highest BCUT2D eigenvalue weighted by molar-refractivity contribution is 6.28. The molecule has 0 radical (unpaired) electrons. The molecule has 1 unspecified atom stereocenters. The molecular weight excluding hydrogens is 214 g/mol. The summed E-state index contributed by atoms with van der Waals surface area (Å²) in [5.74, 6) is 1.19. The third kappa shape index (κ3) is 4.44. The number of nitrogens with zero attached hydrogens (tertiary/aromatic N) is 2. The predicted molar refractivity (Wildman–Crippen MR) is 61.0 cm³/mol. The van der Waals surface area contributed by atoms with Crippen LogP contribution in [0, 0.1) is 5.92 Å². The van der Waals surface area contributed by atoms with Gasteiger partial charge in [-0.3, -0.25) is 0 Å². The van der Waals surface area contributed by atoms with Gasteiger partial charge in [0.05, 0.1) is 0 Å². The van der Waals surface area contributed by atoms with Gasteiger partial charge in [-0.1, -0.05) is 13.3 Å². The Labute approximate surface area is 94.7 Å². The summed E-state index contributed by atoms with van der Waals surface area (Å²) in [5.41, 5.74) is 0. The minimum absolute atomic E-state index is 0.227. The molecule has 0 aliphatic rings. The van der Waals surface area contributed by atoms with Gasteiger partial charge in [0.25, 0.3) is 0 Å². The van der Waals surface area contributed by atoms with Crippen LogP contribution in [0.25, 0.3) is 0 Å². The van der Waals surface area contributed by atoms with Crippen molar-refractivity contribution in [3.63, 3.8) is 0 Å². The van der Waals surface area contributed by atoms with Crippen molar-refractivity contribution in [2.75, 3.05) is 18.5 Å². The minimum Gasteiger partial charge on any atom is -0.396 e. The second-order valence-corrected chi connectivity index (χ2v) is 3.72. The number of anilines is 1. The van der Waals surface area contributed by atoms with Crippen LogP contribution < -0.4 is 5.32 Å². The minimum atomic E-state index is 0.227. The molecule has 1 rings (SSSR count). The van der Waals surface area contributed by atoms with Crippen molar-refractivity contribution >= 4 is 17.4 Å². The molecule has 1 atom stereocenters. The average Bonchev–Trinajstić information content (AvgIpc) is 2.24. The van der Waals surface area contributed by atoms with E-state index in [1.54, 1.807) is 12.3 Å². The zero-order chi connectivity index (χ0) is 11.1. The summed E-state index contributed by atoms with van der Waals surface area (Å²) >= 11 is 5.65. The lowest BCUT2D eigenvalue weighted by Crippen LogP contribution is -2.15. The summed E-state index contributed by atoms with van der Waals surface area (Å²) < 4.78 is 0. The largest absolute Gasteiger partial charge is 0.396 e. The van der Waals surface area contributed by atoms with Crippen molar-refractivity contribution in [3.8, 4) is 0 Å². The van der Waals surface area contributed by atoms with Crippen LogP contribution in [0.2, 0.25) is 5.28 Å². The number of aliphatic hydroxyl groups is 1. The van der Waals surface area contributed by atoms with E-state index in [-0.39, 0.29) is 11.9 Å². The second-order valence-electron chi connectivity index (χ2n) is 3.38. The van der Waals surface area contributed by atoms with Crippen LogP contribution in [0.5, 0.6) is 0 Å². The number of aromatic nitrogens is 2. The second kappa shape index (κ2) is 6.58. The van der Waals surface area contributed by atoms with E-state index >= 15 is 0 Å². The number of hydrogen-bond acceptors (Lipinski definition) is 4. The van der Waals surface area contributed by atoms with Crippen LogP contribution >= 0.6 is 11.6 Å². The summed E-state index contributed by atoms with van der Waals surface area (Å²) in [7, 11) is 0. The molecule has 0 fully saturated rings. The van der Waals surface area contributed by atoms with Gasteiger partial charge in [0.1, 0.15) is 5.82 Å². The van der Waals surface area contributed by atoms with Crippen molar-refractivity contribution in [3.05, 3.63) is 17.5 Å². The van der Waals surface area contributed by atoms with Crippen LogP contribution in [0.3, 0.4) is 0 Å². The average molecular weight is 230 g/mol. The molecule has 5 heteroatoms. The molecule has 0 spiro atoms. The van der Waals surface area contributed by atoms with Crippen LogP contribution in [-0.4, -0.2) is 28.2 Å².